The van der Waals surface area contributed by atoms with E-state index in [1.807, 2.05) is 51.1 Å². The number of ether oxygens (including phenoxy) is 1. The van der Waals surface area contributed by atoms with Crippen molar-refractivity contribution in [2.75, 3.05) is 0 Å². The number of nitrogens with zero attached hydrogens (tertiary/aromatic N) is 1. The fourth-order valence-corrected chi connectivity index (χ4v) is 2.41. The molecule has 3 heteroatoms. The van der Waals surface area contributed by atoms with E-state index in [1.165, 1.54) is 6.42 Å². The van der Waals surface area contributed by atoms with Crippen molar-refractivity contribution in [2.45, 2.75) is 71.3 Å². The van der Waals surface area contributed by atoms with Crippen LogP contribution < -0.4 is 0 Å². The molecule has 0 N–H and O–H groups in total. The van der Waals surface area contributed by atoms with Crippen LogP contribution in [0.3, 0.4) is 0 Å². The lowest BCUT2D eigenvalue weighted by Crippen LogP contribution is -2.23. The van der Waals surface area contributed by atoms with Crippen LogP contribution in [0.4, 0.5) is 0 Å². The second kappa shape index (κ2) is 10.6. The van der Waals surface area contributed by atoms with Gasteiger partial charge in [0.25, 0.3) is 0 Å². The average Bonchev–Trinajstić information content (AvgIpc) is 2.52. The van der Waals surface area contributed by atoms with Gasteiger partial charge in [-0.15, -0.1) is 0 Å². The topological polar surface area (TPSA) is 50.1 Å². The van der Waals surface area contributed by atoms with E-state index in [9.17, 15) is 4.79 Å². The summed E-state index contributed by atoms with van der Waals surface area (Å²) in [4.78, 5) is 11.6. The van der Waals surface area contributed by atoms with Crippen molar-refractivity contribution in [1.29, 1.82) is 5.26 Å². The summed E-state index contributed by atoms with van der Waals surface area (Å²) in [5, 5.41) is 9.03. The highest BCUT2D eigenvalue weighted by Crippen LogP contribution is 2.13. The summed E-state index contributed by atoms with van der Waals surface area (Å²) in [5.41, 5.74) is 1.32. The number of rotatable bonds is 9. The molecule has 0 aromatic heterocycles. The van der Waals surface area contributed by atoms with Gasteiger partial charge >= 0.3 is 5.97 Å². The zero-order valence-electron chi connectivity index (χ0n) is 15.2. The predicted molar refractivity (Wildman–Crippen MR) is 98.4 cm³/mol. The van der Waals surface area contributed by atoms with Crippen LogP contribution in [-0.4, -0.2) is 11.6 Å². The Bertz CT molecular complexity index is 576. The first-order valence-corrected chi connectivity index (χ1v) is 8.80. The third-order valence-corrected chi connectivity index (χ3v) is 3.55. The summed E-state index contributed by atoms with van der Waals surface area (Å²) < 4.78 is 5.29. The molecular formula is C21H29NO2. The van der Waals surface area contributed by atoms with Crippen molar-refractivity contribution < 1.29 is 9.53 Å². The van der Waals surface area contributed by atoms with Gasteiger partial charge in [-0.2, -0.15) is 5.26 Å². The molecule has 0 spiro atoms. The molecule has 0 saturated carbocycles. The normalized spacial score (nSPS) is 11.4. The van der Waals surface area contributed by atoms with Gasteiger partial charge in [0.15, 0.2) is 0 Å². The van der Waals surface area contributed by atoms with Gasteiger partial charge in [0.2, 0.25) is 0 Å². The molecule has 0 radical (unpaired) electrons. The van der Waals surface area contributed by atoms with Gasteiger partial charge in [-0.1, -0.05) is 49.6 Å². The average molecular weight is 327 g/mol. The minimum atomic E-state index is -0.381. The quantitative estimate of drug-likeness (QED) is 0.435. The molecule has 0 aliphatic rings. The van der Waals surface area contributed by atoms with Gasteiger partial charge in [0, 0.05) is 6.42 Å². The van der Waals surface area contributed by atoms with Crippen LogP contribution in [0.15, 0.2) is 30.3 Å². The predicted octanol–water partition coefficient (Wildman–Crippen LogP) is 5.64. The number of benzene rings is 1. The Morgan fingerprint density at radius 3 is 2.50 bits per heavy atom. The van der Waals surface area contributed by atoms with E-state index in [-0.39, 0.29) is 11.6 Å². The number of carbonyl (C=O) groups excluding carboxylic acids is 1. The Hall–Kier alpha value is -2.08. The first-order chi connectivity index (χ1) is 11.4. The van der Waals surface area contributed by atoms with Crippen molar-refractivity contribution in [3.8, 4) is 6.07 Å². The SMILES string of the molecule is CC(C)(C)OC(=O)CCCCCCCC=Cc1ccccc1C#N. The lowest BCUT2D eigenvalue weighted by Gasteiger charge is -2.19. The maximum atomic E-state index is 11.6. The Labute approximate surface area is 146 Å². The first-order valence-electron chi connectivity index (χ1n) is 8.80. The number of allylic oxidation sites excluding steroid dienone is 1. The van der Waals surface area contributed by atoms with Crippen molar-refractivity contribution >= 4 is 12.0 Å². The largest absolute Gasteiger partial charge is 0.460 e. The highest BCUT2D eigenvalue weighted by molar-refractivity contribution is 5.69. The minimum Gasteiger partial charge on any atom is -0.460 e. The smallest absolute Gasteiger partial charge is 0.306 e. The Balaban J connectivity index is 2.08. The highest BCUT2D eigenvalue weighted by Gasteiger charge is 2.15. The molecule has 130 valence electrons. The summed E-state index contributed by atoms with van der Waals surface area (Å²) in [6.45, 7) is 5.69. The molecule has 1 aromatic rings. The van der Waals surface area contributed by atoms with E-state index in [1.54, 1.807) is 0 Å². The minimum absolute atomic E-state index is 0.0957. The third-order valence-electron chi connectivity index (χ3n) is 3.55. The molecule has 0 atom stereocenters. The zero-order valence-corrected chi connectivity index (χ0v) is 15.2. The second-order valence-electron chi connectivity index (χ2n) is 6.99. The highest BCUT2D eigenvalue weighted by atomic mass is 16.6. The zero-order chi connectivity index (χ0) is 17.8. The molecule has 0 fully saturated rings. The molecule has 0 bridgehead atoms. The van der Waals surface area contributed by atoms with Gasteiger partial charge in [0.05, 0.1) is 11.6 Å². The molecule has 0 saturated heterocycles. The van der Waals surface area contributed by atoms with Gasteiger partial charge in [-0.05, 0) is 51.7 Å². The molecule has 24 heavy (non-hydrogen) atoms. The summed E-state index contributed by atoms with van der Waals surface area (Å²) >= 11 is 0. The van der Waals surface area contributed by atoms with Crippen molar-refractivity contribution in [1.82, 2.24) is 0 Å². The Morgan fingerprint density at radius 2 is 1.79 bits per heavy atom. The fourth-order valence-electron chi connectivity index (χ4n) is 2.41. The molecule has 0 amide bonds. The number of esters is 1. The van der Waals surface area contributed by atoms with Crippen LogP contribution in [0.5, 0.6) is 0 Å². The standard InChI is InChI=1S/C21H29NO2/c1-21(2,3)24-20(23)16-10-8-6-4-5-7-9-13-18-14-11-12-15-19(18)17-22/h9,11-15H,4-8,10,16H2,1-3H3. The Kier molecular flexibility index (Phi) is 8.86. The van der Waals surface area contributed by atoms with Gasteiger partial charge < -0.3 is 4.74 Å². The van der Waals surface area contributed by atoms with E-state index >= 15 is 0 Å². The number of unbranched alkanes of at least 4 members (excludes halogenated alkanes) is 5. The number of nitriles is 1. The van der Waals surface area contributed by atoms with Crippen LogP contribution in [0, 0.1) is 11.3 Å². The van der Waals surface area contributed by atoms with Crippen molar-refractivity contribution in [3.05, 3.63) is 41.5 Å². The van der Waals surface area contributed by atoms with E-state index in [2.05, 4.69) is 12.1 Å². The lowest BCUT2D eigenvalue weighted by atomic mass is 10.1. The molecule has 0 aliphatic carbocycles. The van der Waals surface area contributed by atoms with E-state index in [0.29, 0.717) is 6.42 Å². The number of hydrogen-bond acceptors (Lipinski definition) is 3. The molecule has 0 aliphatic heterocycles. The molecular weight excluding hydrogens is 298 g/mol. The second-order valence-corrected chi connectivity index (χ2v) is 6.99. The maximum absolute atomic E-state index is 11.6. The number of carbonyl (C=O) groups is 1. The summed E-state index contributed by atoms with van der Waals surface area (Å²) in [5.74, 6) is -0.0957. The molecule has 1 aromatic carbocycles. The van der Waals surface area contributed by atoms with Crippen LogP contribution in [-0.2, 0) is 9.53 Å². The Morgan fingerprint density at radius 1 is 1.12 bits per heavy atom. The van der Waals surface area contributed by atoms with Gasteiger partial charge in [-0.3, -0.25) is 4.79 Å². The van der Waals surface area contributed by atoms with Crippen LogP contribution in [0.25, 0.3) is 6.08 Å². The van der Waals surface area contributed by atoms with Crippen molar-refractivity contribution in [3.63, 3.8) is 0 Å². The molecule has 0 unspecified atom stereocenters. The molecule has 1 rings (SSSR count). The van der Waals surface area contributed by atoms with Crippen LogP contribution in [0.2, 0.25) is 0 Å². The molecule has 3 nitrogen and oxygen atoms in total. The van der Waals surface area contributed by atoms with Crippen molar-refractivity contribution in [2.24, 2.45) is 0 Å². The van der Waals surface area contributed by atoms with Crippen LogP contribution in [0.1, 0.15) is 76.8 Å². The third kappa shape index (κ3) is 9.15. The maximum Gasteiger partial charge on any atom is 0.306 e. The lowest BCUT2D eigenvalue weighted by molar-refractivity contribution is -0.154. The summed E-state index contributed by atoms with van der Waals surface area (Å²) in [6, 6.07) is 9.84. The summed E-state index contributed by atoms with van der Waals surface area (Å²) in [7, 11) is 0. The summed E-state index contributed by atoms with van der Waals surface area (Å²) in [6.07, 6.45) is 11.1. The van der Waals surface area contributed by atoms with Crippen LogP contribution >= 0.6 is 0 Å². The van der Waals surface area contributed by atoms with E-state index in [4.69, 9.17) is 10.00 Å². The monoisotopic (exact) mass is 327 g/mol. The van der Waals surface area contributed by atoms with Gasteiger partial charge in [-0.25, -0.2) is 0 Å². The molecule has 0 heterocycles. The number of hydrogen-bond donors (Lipinski definition) is 0. The first kappa shape index (κ1) is 20.0. The van der Waals surface area contributed by atoms with E-state index < -0.39 is 0 Å². The van der Waals surface area contributed by atoms with Gasteiger partial charge in [0.1, 0.15) is 5.60 Å². The van der Waals surface area contributed by atoms with E-state index in [0.717, 1.165) is 43.2 Å². The fraction of sp³-hybridized carbons (Fsp3) is 0.524.